The molecule has 0 radical (unpaired) electrons. The number of nitrogens with zero attached hydrogens (tertiary/aromatic N) is 3. The number of hydrogen-bond donors (Lipinski definition) is 6. The highest BCUT2D eigenvalue weighted by Crippen LogP contribution is 2.58. The Labute approximate surface area is 168 Å². The number of aromatic nitrogens is 4. The second-order valence-corrected chi connectivity index (χ2v) is 9.45. The van der Waals surface area contributed by atoms with Crippen LogP contribution in [-0.4, -0.2) is 58.1 Å². The number of imidazole rings is 1. The second-order valence-electron chi connectivity index (χ2n) is 6.62. The summed E-state index contributed by atoms with van der Waals surface area (Å²) in [6.07, 6.45) is -0.861. The van der Waals surface area contributed by atoms with Crippen molar-refractivity contribution < 1.29 is 42.5 Å². The van der Waals surface area contributed by atoms with E-state index in [1.807, 2.05) is 6.92 Å². The van der Waals surface area contributed by atoms with E-state index >= 15 is 0 Å². The lowest BCUT2D eigenvalue weighted by atomic mass is 9.93. The van der Waals surface area contributed by atoms with Crippen LogP contribution in [0.25, 0.3) is 11.2 Å². The molecule has 3 heterocycles. The summed E-state index contributed by atoms with van der Waals surface area (Å²) < 4.78 is 38.0. The van der Waals surface area contributed by atoms with Gasteiger partial charge in [0, 0.05) is 5.92 Å². The van der Waals surface area contributed by atoms with Crippen LogP contribution in [0.3, 0.4) is 0 Å². The monoisotopic (exact) mass is 469 g/mol. The van der Waals surface area contributed by atoms with E-state index in [-0.39, 0.29) is 17.1 Å². The average Bonchev–Trinajstić information content (AvgIpc) is 3.14. The summed E-state index contributed by atoms with van der Waals surface area (Å²) in [4.78, 5) is 49.0. The van der Waals surface area contributed by atoms with Crippen molar-refractivity contribution in [3.63, 3.8) is 0 Å². The maximum absolute atomic E-state index is 12.0. The number of hydrogen-bond acceptors (Lipinski definition) is 10. The van der Waals surface area contributed by atoms with E-state index in [1.54, 1.807) is 0 Å². The van der Waals surface area contributed by atoms with Crippen LogP contribution in [0.5, 0.6) is 0 Å². The number of aromatic amines is 1. The molecule has 0 aliphatic carbocycles. The lowest BCUT2D eigenvalue weighted by molar-refractivity contribution is -0.0487. The molecular formula is C13H21N5O10P2. The highest BCUT2D eigenvalue weighted by atomic mass is 31.3. The summed E-state index contributed by atoms with van der Waals surface area (Å²) in [5, 5.41) is 10.8. The number of nitrogens with two attached hydrogens (primary N) is 1. The van der Waals surface area contributed by atoms with Crippen molar-refractivity contribution in [2.75, 3.05) is 12.3 Å². The van der Waals surface area contributed by atoms with Gasteiger partial charge in [-0.05, 0) is 6.42 Å². The van der Waals surface area contributed by atoms with Crippen molar-refractivity contribution in [1.29, 1.82) is 0 Å². The van der Waals surface area contributed by atoms with E-state index in [9.17, 15) is 23.9 Å². The Balaban J connectivity index is 1.85. The van der Waals surface area contributed by atoms with Crippen molar-refractivity contribution in [1.82, 2.24) is 19.5 Å². The number of phosphoric ester groups is 1. The molecule has 0 aromatic carbocycles. The predicted molar refractivity (Wildman–Crippen MR) is 99.8 cm³/mol. The van der Waals surface area contributed by atoms with Crippen molar-refractivity contribution in [2.45, 2.75) is 38.2 Å². The number of aliphatic hydroxyl groups is 1. The van der Waals surface area contributed by atoms with Crippen molar-refractivity contribution in [3.05, 3.63) is 16.7 Å². The first-order chi connectivity index (χ1) is 13.9. The van der Waals surface area contributed by atoms with Gasteiger partial charge in [-0.15, -0.1) is 0 Å². The van der Waals surface area contributed by atoms with Gasteiger partial charge in [-0.1, -0.05) is 13.3 Å². The minimum atomic E-state index is -5.27. The van der Waals surface area contributed by atoms with E-state index in [2.05, 4.69) is 23.8 Å². The van der Waals surface area contributed by atoms with Gasteiger partial charge in [0.05, 0.1) is 19.0 Å². The molecule has 2 aromatic heterocycles. The Kier molecular flexibility index (Phi) is 6.49. The number of fused-ring (bicyclic) bond motifs is 1. The molecule has 15 nitrogen and oxygen atoms in total. The lowest BCUT2D eigenvalue weighted by Gasteiger charge is -2.20. The van der Waals surface area contributed by atoms with Crippen molar-refractivity contribution in [2.24, 2.45) is 5.92 Å². The van der Waals surface area contributed by atoms with Crippen LogP contribution in [0.4, 0.5) is 5.95 Å². The molecule has 5 atom stereocenters. The van der Waals surface area contributed by atoms with E-state index in [0.29, 0.717) is 12.8 Å². The van der Waals surface area contributed by atoms with Gasteiger partial charge in [-0.2, -0.15) is 9.29 Å². The largest absolute Gasteiger partial charge is 0.481 e. The van der Waals surface area contributed by atoms with Gasteiger partial charge in [0.1, 0.15) is 6.10 Å². The zero-order chi connectivity index (χ0) is 22.3. The number of aliphatic hydroxyl groups excluding tert-OH is 1. The fraction of sp³-hybridized carbons (Fsp3) is 0.615. The third-order valence-corrected chi connectivity index (χ3v) is 6.63. The molecule has 0 spiro atoms. The Bertz CT molecular complexity index is 1070. The summed E-state index contributed by atoms with van der Waals surface area (Å²) in [5.74, 6) is -0.741. The van der Waals surface area contributed by atoms with Gasteiger partial charge >= 0.3 is 15.6 Å². The number of ether oxygens (including phenoxy) is 1. The van der Waals surface area contributed by atoms with E-state index in [0.717, 1.165) is 0 Å². The van der Waals surface area contributed by atoms with E-state index in [1.165, 1.54) is 10.9 Å². The van der Waals surface area contributed by atoms with Crippen LogP contribution in [-0.2, 0) is 22.7 Å². The van der Waals surface area contributed by atoms with Crippen molar-refractivity contribution >= 4 is 32.8 Å². The third-order valence-electron chi connectivity index (χ3n) is 4.48. The van der Waals surface area contributed by atoms with Gasteiger partial charge < -0.3 is 30.3 Å². The normalized spacial score (nSPS) is 26.8. The number of H-pyrrole nitrogens is 1. The number of nitrogens with one attached hydrogen (secondary N) is 1. The van der Waals surface area contributed by atoms with Crippen LogP contribution >= 0.6 is 15.6 Å². The lowest BCUT2D eigenvalue weighted by Crippen LogP contribution is -2.28. The maximum atomic E-state index is 12.0. The van der Waals surface area contributed by atoms with Crippen molar-refractivity contribution in [3.8, 4) is 0 Å². The van der Waals surface area contributed by atoms with Gasteiger partial charge in [-0.3, -0.25) is 18.9 Å². The Morgan fingerprint density at radius 1 is 1.37 bits per heavy atom. The minimum Gasteiger partial charge on any atom is -0.388 e. The summed E-state index contributed by atoms with van der Waals surface area (Å²) in [5.41, 5.74) is 5.03. The maximum Gasteiger partial charge on any atom is 0.481 e. The Morgan fingerprint density at radius 3 is 2.70 bits per heavy atom. The Hall–Kier alpha value is -1.67. The zero-order valence-corrected chi connectivity index (χ0v) is 17.3. The molecule has 1 aliphatic heterocycles. The van der Waals surface area contributed by atoms with E-state index in [4.69, 9.17) is 20.3 Å². The summed E-state index contributed by atoms with van der Waals surface area (Å²) in [6.45, 7) is 1.25. The molecule has 0 saturated carbocycles. The molecule has 30 heavy (non-hydrogen) atoms. The molecule has 0 amide bonds. The van der Waals surface area contributed by atoms with Crippen LogP contribution in [0, 0.1) is 5.92 Å². The topological polar surface area (TPSA) is 232 Å². The summed E-state index contributed by atoms with van der Waals surface area (Å²) in [7, 11) is -10.4. The van der Waals surface area contributed by atoms with Crippen LogP contribution < -0.4 is 11.3 Å². The second kappa shape index (κ2) is 8.46. The summed E-state index contributed by atoms with van der Waals surface area (Å²) >= 11 is 0. The molecule has 1 unspecified atom stereocenters. The molecule has 1 aliphatic rings. The Morgan fingerprint density at radius 2 is 2.07 bits per heavy atom. The van der Waals surface area contributed by atoms with Crippen LogP contribution in [0.15, 0.2) is 11.1 Å². The zero-order valence-electron chi connectivity index (χ0n) is 15.6. The SMILES string of the molecule is CCC[C@H]1[C@@H](O)[C@H](n2cnc3c(=O)[nH]c(N)nc32)O[C@@H]1COP(=O)(O)OP(=O)(O)O. The number of rotatable bonds is 8. The fourth-order valence-electron chi connectivity index (χ4n) is 3.33. The number of anilines is 1. The highest BCUT2D eigenvalue weighted by molar-refractivity contribution is 7.60. The molecule has 17 heteroatoms. The first-order valence-corrected chi connectivity index (χ1v) is 11.7. The van der Waals surface area contributed by atoms with Gasteiger partial charge in [0.15, 0.2) is 17.4 Å². The van der Waals surface area contributed by atoms with Gasteiger partial charge in [-0.25, -0.2) is 14.1 Å². The van der Waals surface area contributed by atoms with Gasteiger partial charge in [0.25, 0.3) is 5.56 Å². The van der Waals surface area contributed by atoms with Crippen LogP contribution in [0.2, 0.25) is 0 Å². The molecule has 0 bridgehead atoms. The molecular weight excluding hydrogens is 448 g/mol. The number of nitrogen functional groups attached to an aromatic ring is 1. The molecule has 3 rings (SSSR count). The van der Waals surface area contributed by atoms with Crippen LogP contribution in [0.1, 0.15) is 26.0 Å². The first kappa shape index (κ1) is 23.0. The number of phosphoric acid groups is 2. The smallest absolute Gasteiger partial charge is 0.388 e. The first-order valence-electron chi connectivity index (χ1n) is 8.72. The quantitative estimate of drug-likeness (QED) is 0.271. The standard InChI is InChI=1S/C13H21N5O10P2/c1-2-3-6-7(4-26-30(24,25)28-29(21,22)23)27-12(9(6)19)18-5-15-8-10(18)16-13(14)17-11(8)20/h5-7,9,12,19H,2-4H2,1H3,(H,24,25)(H2,21,22,23)(H3,14,16,17,20)/t6-,7-,9-,12-/m1/s1. The van der Waals surface area contributed by atoms with E-state index < -0.39 is 52.2 Å². The molecule has 2 aromatic rings. The highest BCUT2D eigenvalue weighted by Gasteiger charge is 2.46. The molecule has 1 saturated heterocycles. The van der Waals surface area contributed by atoms with Gasteiger partial charge in [0.2, 0.25) is 5.95 Å². The average molecular weight is 469 g/mol. The third kappa shape index (κ3) is 4.97. The summed E-state index contributed by atoms with van der Waals surface area (Å²) in [6, 6.07) is 0. The molecule has 1 fully saturated rings. The predicted octanol–water partition coefficient (Wildman–Crippen LogP) is -0.397. The fourth-order valence-corrected chi connectivity index (χ4v) is 4.93. The molecule has 7 N–H and O–H groups in total. The minimum absolute atomic E-state index is 0.0263. The molecule has 168 valence electrons.